The number of amides is 1. The Hall–Kier alpha value is -3.09. The number of rotatable bonds is 2. The molecule has 0 radical (unpaired) electrons. The van der Waals surface area contributed by atoms with E-state index in [0.29, 0.717) is 11.3 Å². The number of carbonyl (C=O) groups is 1. The highest BCUT2D eigenvalue weighted by atomic mass is 19.1. The van der Waals surface area contributed by atoms with Gasteiger partial charge in [0.1, 0.15) is 29.6 Å². The van der Waals surface area contributed by atoms with Crippen LogP contribution < -0.4 is 5.32 Å². The third kappa shape index (κ3) is 2.57. The Kier molecular flexibility index (Phi) is 3.56. The van der Waals surface area contributed by atoms with E-state index in [1.165, 1.54) is 17.0 Å². The van der Waals surface area contributed by atoms with Crippen molar-refractivity contribution < 1.29 is 18.0 Å². The normalized spacial score (nSPS) is 16.4. The van der Waals surface area contributed by atoms with Crippen LogP contribution in [0.5, 0.6) is 0 Å². The molecule has 1 aromatic heterocycles. The van der Waals surface area contributed by atoms with E-state index < -0.39 is 23.4 Å². The highest BCUT2D eigenvalue weighted by Gasteiger charge is 2.32. The minimum atomic E-state index is -0.663. The molecule has 2 heterocycles. The fourth-order valence-electron chi connectivity index (χ4n) is 3.07. The van der Waals surface area contributed by atoms with Crippen LogP contribution in [0.2, 0.25) is 0 Å². The van der Waals surface area contributed by atoms with Crippen molar-refractivity contribution in [1.82, 2.24) is 9.55 Å². The minimum Gasteiger partial charge on any atom is -0.310 e. The van der Waals surface area contributed by atoms with Crippen LogP contribution in [0.25, 0.3) is 5.69 Å². The molecule has 1 atom stereocenters. The van der Waals surface area contributed by atoms with Gasteiger partial charge in [-0.1, -0.05) is 18.2 Å². The van der Waals surface area contributed by atoms with E-state index in [2.05, 4.69) is 10.3 Å². The summed E-state index contributed by atoms with van der Waals surface area (Å²) in [5.41, 5.74) is 0.667. The lowest BCUT2D eigenvalue weighted by Crippen LogP contribution is -2.25. The number of carbonyl (C=O) groups excluding carboxylic acids is 1. The Balaban J connectivity index is 1.88. The summed E-state index contributed by atoms with van der Waals surface area (Å²) in [4.78, 5) is 16.3. The topological polar surface area (TPSA) is 46.9 Å². The lowest BCUT2D eigenvalue weighted by Gasteiger charge is -2.23. The number of hydrogen-bond acceptors (Lipinski definition) is 2. The molecule has 1 aliphatic rings. The molecule has 0 fully saturated rings. The fourth-order valence-corrected chi connectivity index (χ4v) is 3.07. The molecule has 1 N–H and O–H groups in total. The van der Waals surface area contributed by atoms with Gasteiger partial charge in [0.25, 0.3) is 0 Å². The smallest absolute Gasteiger partial charge is 0.226 e. The largest absolute Gasteiger partial charge is 0.310 e. The summed E-state index contributed by atoms with van der Waals surface area (Å²) in [5, 5.41) is 2.62. The number of halogens is 3. The zero-order chi connectivity index (χ0) is 17.6. The maximum absolute atomic E-state index is 14.2. The summed E-state index contributed by atoms with van der Waals surface area (Å²) in [6.07, 6.45) is 1.32. The Bertz CT molecular complexity index is 983. The van der Waals surface area contributed by atoms with Gasteiger partial charge in [0, 0.05) is 18.4 Å². The molecular formula is C18H12F3N3O. The molecular weight excluding hydrogens is 331 g/mol. The highest BCUT2D eigenvalue weighted by Crippen LogP contribution is 2.38. The minimum absolute atomic E-state index is 0.0244. The second-order valence-electron chi connectivity index (χ2n) is 5.77. The van der Waals surface area contributed by atoms with Crippen molar-refractivity contribution >= 4 is 11.7 Å². The van der Waals surface area contributed by atoms with Crippen LogP contribution in [-0.2, 0) is 4.79 Å². The van der Waals surface area contributed by atoms with Gasteiger partial charge in [0.15, 0.2) is 0 Å². The molecule has 25 heavy (non-hydrogen) atoms. The van der Waals surface area contributed by atoms with Crippen LogP contribution >= 0.6 is 0 Å². The van der Waals surface area contributed by atoms with E-state index in [0.717, 1.165) is 18.2 Å². The number of nitrogens with zero attached hydrogens (tertiary/aromatic N) is 2. The molecule has 3 aromatic rings. The molecule has 0 saturated heterocycles. The van der Waals surface area contributed by atoms with Gasteiger partial charge in [0.05, 0.1) is 11.4 Å². The van der Waals surface area contributed by atoms with Crippen LogP contribution in [-0.4, -0.2) is 15.5 Å². The van der Waals surface area contributed by atoms with Crippen molar-refractivity contribution in [1.29, 1.82) is 0 Å². The van der Waals surface area contributed by atoms with E-state index in [4.69, 9.17) is 0 Å². The van der Waals surface area contributed by atoms with E-state index in [1.807, 2.05) is 0 Å². The van der Waals surface area contributed by atoms with E-state index in [9.17, 15) is 18.0 Å². The second-order valence-corrected chi connectivity index (χ2v) is 5.77. The summed E-state index contributed by atoms with van der Waals surface area (Å²) in [7, 11) is 0. The third-order valence-corrected chi connectivity index (χ3v) is 4.22. The summed E-state index contributed by atoms with van der Waals surface area (Å²) >= 11 is 0. The van der Waals surface area contributed by atoms with Crippen molar-refractivity contribution in [3.8, 4) is 5.69 Å². The Morgan fingerprint density at radius 2 is 1.88 bits per heavy atom. The zero-order valence-electron chi connectivity index (χ0n) is 12.8. The van der Waals surface area contributed by atoms with Gasteiger partial charge in [-0.3, -0.25) is 9.36 Å². The van der Waals surface area contributed by atoms with Gasteiger partial charge in [-0.25, -0.2) is 18.2 Å². The quantitative estimate of drug-likeness (QED) is 0.770. The second kappa shape index (κ2) is 5.77. The van der Waals surface area contributed by atoms with Gasteiger partial charge >= 0.3 is 0 Å². The van der Waals surface area contributed by atoms with Crippen LogP contribution in [0, 0.1) is 17.5 Å². The van der Waals surface area contributed by atoms with Crippen LogP contribution in [0.4, 0.5) is 19.0 Å². The molecule has 0 aliphatic carbocycles. The summed E-state index contributed by atoms with van der Waals surface area (Å²) < 4.78 is 43.0. The molecule has 7 heteroatoms. The van der Waals surface area contributed by atoms with Gasteiger partial charge in [-0.05, 0) is 23.8 Å². The van der Waals surface area contributed by atoms with Crippen molar-refractivity contribution in [2.75, 3.05) is 5.32 Å². The van der Waals surface area contributed by atoms with Crippen molar-refractivity contribution in [3.05, 3.63) is 77.5 Å². The van der Waals surface area contributed by atoms with Crippen molar-refractivity contribution in [3.63, 3.8) is 0 Å². The van der Waals surface area contributed by atoms with Gasteiger partial charge < -0.3 is 5.32 Å². The lowest BCUT2D eigenvalue weighted by molar-refractivity contribution is -0.116. The third-order valence-electron chi connectivity index (χ3n) is 4.22. The molecule has 0 saturated carbocycles. The highest BCUT2D eigenvalue weighted by molar-refractivity contribution is 5.94. The lowest BCUT2D eigenvalue weighted by atomic mass is 9.89. The molecule has 126 valence electrons. The van der Waals surface area contributed by atoms with Crippen molar-refractivity contribution in [2.45, 2.75) is 12.3 Å². The SMILES string of the molecule is O=C1C[C@@H](c2ccccc2F)c2ncn(-c3cc(F)ccc3F)c2N1. The van der Waals surface area contributed by atoms with Crippen molar-refractivity contribution in [2.24, 2.45) is 0 Å². The molecule has 4 nitrogen and oxygen atoms in total. The van der Waals surface area contributed by atoms with E-state index in [-0.39, 0.29) is 23.8 Å². The number of benzene rings is 2. The first kappa shape index (κ1) is 15.4. The van der Waals surface area contributed by atoms with Crippen LogP contribution in [0.3, 0.4) is 0 Å². The molecule has 1 aliphatic heterocycles. The predicted octanol–water partition coefficient (Wildman–Crippen LogP) is 3.76. The number of hydrogen-bond donors (Lipinski definition) is 1. The van der Waals surface area contributed by atoms with Gasteiger partial charge in [-0.2, -0.15) is 0 Å². The maximum Gasteiger partial charge on any atom is 0.226 e. The standard InChI is InChI=1S/C18H12F3N3O/c19-10-5-6-14(21)15(7-10)24-9-22-17-12(8-16(25)23-18(17)24)11-3-1-2-4-13(11)20/h1-7,9,12H,8H2,(H,23,25)/t12-/m0/s1. The van der Waals surface area contributed by atoms with Crippen LogP contribution in [0.15, 0.2) is 48.8 Å². The fraction of sp³-hybridized carbons (Fsp3) is 0.111. The number of nitrogens with one attached hydrogen (secondary N) is 1. The zero-order valence-corrected chi connectivity index (χ0v) is 12.8. The summed E-state index contributed by atoms with van der Waals surface area (Å²) in [5.74, 6) is -2.45. The first-order valence-corrected chi connectivity index (χ1v) is 7.61. The first-order chi connectivity index (χ1) is 12.0. The molecule has 0 bridgehead atoms. The molecule has 0 spiro atoms. The Labute approximate surface area is 140 Å². The summed E-state index contributed by atoms with van der Waals surface area (Å²) in [6.45, 7) is 0. The average Bonchev–Trinajstić information content (AvgIpc) is 3.00. The molecule has 4 rings (SSSR count). The summed E-state index contributed by atoms with van der Waals surface area (Å²) in [6, 6.07) is 9.14. The van der Waals surface area contributed by atoms with E-state index >= 15 is 0 Å². The van der Waals surface area contributed by atoms with Crippen LogP contribution in [0.1, 0.15) is 23.6 Å². The number of imidazole rings is 1. The molecule has 2 aromatic carbocycles. The number of aromatic nitrogens is 2. The number of anilines is 1. The first-order valence-electron chi connectivity index (χ1n) is 7.61. The number of fused-ring (bicyclic) bond motifs is 1. The molecule has 1 amide bonds. The van der Waals surface area contributed by atoms with Gasteiger partial charge in [0.2, 0.25) is 5.91 Å². The Morgan fingerprint density at radius 3 is 2.68 bits per heavy atom. The average molecular weight is 343 g/mol. The monoisotopic (exact) mass is 343 g/mol. The van der Waals surface area contributed by atoms with E-state index in [1.54, 1.807) is 18.2 Å². The Morgan fingerprint density at radius 1 is 1.08 bits per heavy atom. The molecule has 0 unspecified atom stereocenters. The maximum atomic E-state index is 14.2. The predicted molar refractivity (Wildman–Crippen MR) is 85.0 cm³/mol. The van der Waals surface area contributed by atoms with Gasteiger partial charge in [-0.15, -0.1) is 0 Å².